The number of nitrogens with zero attached hydrogens (tertiary/aromatic N) is 4. The number of benzene rings is 1. The van der Waals surface area contributed by atoms with E-state index in [-0.39, 0.29) is 5.41 Å². The zero-order valence-electron chi connectivity index (χ0n) is 18.6. The number of aromatic nitrogens is 4. The van der Waals surface area contributed by atoms with Crippen molar-refractivity contribution in [3.8, 4) is 0 Å². The molecule has 0 saturated carbocycles. The molecule has 1 spiro atoms. The number of nitrogens with one attached hydrogen (secondary N) is 3. The molecule has 1 atom stereocenters. The van der Waals surface area contributed by atoms with Crippen molar-refractivity contribution in [3.63, 3.8) is 0 Å². The van der Waals surface area contributed by atoms with E-state index in [1.54, 1.807) is 0 Å². The van der Waals surface area contributed by atoms with E-state index in [4.69, 9.17) is 9.97 Å². The van der Waals surface area contributed by atoms with E-state index in [1.165, 1.54) is 36.8 Å². The number of hydrogen-bond donors (Lipinski definition) is 3. The molecule has 0 radical (unpaired) electrons. The first kappa shape index (κ1) is 20.2. The Morgan fingerprint density at radius 2 is 1.87 bits per heavy atom. The molecule has 3 aromatic rings. The van der Waals surface area contributed by atoms with Gasteiger partial charge < -0.3 is 16.0 Å². The van der Waals surface area contributed by atoms with Crippen LogP contribution in [0.3, 0.4) is 0 Å². The number of hydrogen-bond acceptors (Lipinski definition) is 6. The summed E-state index contributed by atoms with van der Waals surface area (Å²) in [7, 11) is 0. The van der Waals surface area contributed by atoms with E-state index in [1.807, 2.05) is 10.7 Å². The molecule has 7 nitrogen and oxygen atoms in total. The molecular formula is C24H33N7. The summed E-state index contributed by atoms with van der Waals surface area (Å²) in [6.45, 7) is 8.15. The predicted octanol–water partition coefficient (Wildman–Crippen LogP) is 3.98. The van der Waals surface area contributed by atoms with Gasteiger partial charge in [-0.3, -0.25) is 0 Å². The van der Waals surface area contributed by atoms with Crippen molar-refractivity contribution in [1.29, 1.82) is 0 Å². The molecular weight excluding hydrogens is 386 g/mol. The Balaban J connectivity index is 1.55. The van der Waals surface area contributed by atoms with Crippen LogP contribution < -0.4 is 16.0 Å². The molecule has 1 fully saturated rings. The zero-order chi connectivity index (χ0) is 21.3. The highest BCUT2D eigenvalue weighted by atomic mass is 15.4. The van der Waals surface area contributed by atoms with Crippen LogP contribution in [-0.4, -0.2) is 39.2 Å². The second-order valence-electron chi connectivity index (χ2n) is 9.47. The topological polar surface area (TPSA) is 79.2 Å². The minimum absolute atomic E-state index is 0.272. The third-order valence-corrected chi connectivity index (χ3v) is 6.93. The first-order chi connectivity index (χ1) is 15.1. The Hall–Kier alpha value is -2.67. The fourth-order valence-corrected chi connectivity index (χ4v) is 4.97. The normalized spacial score (nSPS) is 22.2. The van der Waals surface area contributed by atoms with Crippen molar-refractivity contribution < 1.29 is 0 Å². The quantitative estimate of drug-likeness (QED) is 0.554. The molecule has 164 valence electrons. The van der Waals surface area contributed by atoms with E-state index >= 15 is 0 Å². The van der Waals surface area contributed by atoms with Gasteiger partial charge in [0.15, 0.2) is 5.65 Å². The van der Waals surface area contributed by atoms with Crippen LogP contribution in [0.4, 0.5) is 11.9 Å². The van der Waals surface area contributed by atoms with Crippen LogP contribution in [0.25, 0.3) is 5.65 Å². The highest BCUT2D eigenvalue weighted by Gasteiger charge is 2.33. The third-order valence-electron chi connectivity index (χ3n) is 6.93. The lowest BCUT2D eigenvalue weighted by atomic mass is 9.81. The summed E-state index contributed by atoms with van der Waals surface area (Å²) in [6, 6.07) is 8.76. The van der Waals surface area contributed by atoms with Crippen LogP contribution in [0, 0.1) is 5.41 Å². The molecule has 0 aliphatic carbocycles. The second-order valence-corrected chi connectivity index (χ2v) is 9.47. The average Bonchev–Trinajstić information content (AvgIpc) is 3.41. The summed E-state index contributed by atoms with van der Waals surface area (Å²) in [5.74, 6) is 1.78. The van der Waals surface area contributed by atoms with Gasteiger partial charge in [0.25, 0.3) is 0 Å². The van der Waals surface area contributed by atoms with Gasteiger partial charge in [-0.1, -0.05) is 44.5 Å². The predicted molar refractivity (Wildman–Crippen MR) is 125 cm³/mol. The largest absolute Gasteiger partial charge is 0.353 e. The Morgan fingerprint density at radius 1 is 1.00 bits per heavy atom. The van der Waals surface area contributed by atoms with Gasteiger partial charge in [0.05, 0.1) is 6.20 Å². The minimum Gasteiger partial charge on any atom is -0.353 e. The van der Waals surface area contributed by atoms with Crippen molar-refractivity contribution in [1.82, 2.24) is 24.9 Å². The Labute approximate surface area is 184 Å². The van der Waals surface area contributed by atoms with Crippen LogP contribution in [-0.2, 0) is 13.0 Å². The lowest BCUT2D eigenvalue weighted by molar-refractivity contribution is 0.304. The van der Waals surface area contributed by atoms with Gasteiger partial charge in [-0.2, -0.15) is 19.6 Å². The third kappa shape index (κ3) is 4.11. The fraction of sp³-hybridized carbons (Fsp3) is 0.542. The van der Waals surface area contributed by atoms with Gasteiger partial charge >= 0.3 is 0 Å². The van der Waals surface area contributed by atoms with E-state index in [0.717, 1.165) is 49.8 Å². The van der Waals surface area contributed by atoms with E-state index in [0.29, 0.717) is 11.9 Å². The monoisotopic (exact) mass is 419 g/mol. The molecule has 2 aliphatic rings. The molecule has 7 heteroatoms. The summed E-state index contributed by atoms with van der Waals surface area (Å²) < 4.78 is 1.85. The zero-order valence-corrected chi connectivity index (χ0v) is 18.6. The molecule has 31 heavy (non-hydrogen) atoms. The van der Waals surface area contributed by atoms with Crippen LogP contribution in [0.1, 0.15) is 62.1 Å². The summed E-state index contributed by atoms with van der Waals surface area (Å²) >= 11 is 0. The Morgan fingerprint density at radius 3 is 2.68 bits per heavy atom. The van der Waals surface area contributed by atoms with E-state index in [2.05, 4.69) is 59.2 Å². The average molecular weight is 420 g/mol. The fourth-order valence-electron chi connectivity index (χ4n) is 4.97. The number of anilines is 2. The highest BCUT2D eigenvalue weighted by molar-refractivity contribution is 5.56. The standard InChI is InChI=1S/C24H33N7/c1-17(2)20-14-28-31-21(20)29-22-27-16-24(11-12-25-15-24)10-6-5-8-18-7-3-4-9-19(18)13-26-23(31)30-22/h3-4,7,9,14,17,25H,5-6,8,10-13,15-16H2,1-2H3,(H2,26,27,29,30). The maximum Gasteiger partial charge on any atom is 0.229 e. The van der Waals surface area contributed by atoms with Crippen molar-refractivity contribution in [2.24, 2.45) is 5.41 Å². The van der Waals surface area contributed by atoms with Gasteiger partial charge in [-0.05, 0) is 49.3 Å². The molecule has 1 saturated heterocycles. The molecule has 2 aliphatic heterocycles. The van der Waals surface area contributed by atoms with Gasteiger partial charge in [0.1, 0.15) is 0 Å². The van der Waals surface area contributed by atoms with Crippen LogP contribution in [0.2, 0.25) is 0 Å². The Bertz CT molecular complexity index is 1050. The summed E-state index contributed by atoms with van der Waals surface area (Å²) in [5, 5.41) is 15.3. The lowest BCUT2D eigenvalue weighted by Crippen LogP contribution is -2.33. The van der Waals surface area contributed by atoms with Crippen LogP contribution in [0.15, 0.2) is 30.5 Å². The van der Waals surface area contributed by atoms with Crippen molar-refractivity contribution in [3.05, 3.63) is 47.2 Å². The summed E-state index contributed by atoms with van der Waals surface area (Å²) in [5.41, 5.74) is 5.06. The van der Waals surface area contributed by atoms with E-state index in [9.17, 15) is 0 Å². The van der Waals surface area contributed by atoms with Gasteiger partial charge in [0, 0.05) is 30.6 Å². The number of rotatable bonds is 1. The minimum atomic E-state index is 0.272. The van der Waals surface area contributed by atoms with Crippen molar-refractivity contribution in [2.75, 3.05) is 30.3 Å². The van der Waals surface area contributed by atoms with Crippen LogP contribution in [0.5, 0.6) is 0 Å². The van der Waals surface area contributed by atoms with Gasteiger partial charge in [0.2, 0.25) is 11.9 Å². The molecule has 5 rings (SSSR count). The molecule has 3 N–H and O–H groups in total. The molecule has 1 aromatic carbocycles. The van der Waals surface area contributed by atoms with Gasteiger partial charge in [-0.25, -0.2) is 0 Å². The smallest absolute Gasteiger partial charge is 0.229 e. The maximum absolute atomic E-state index is 4.87. The first-order valence-electron chi connectivity index (χ1n) is 11.6. The van der Waals surface area contributed by atoms with Crippen molar-refractivity contribution >= 4 is 17.5 Å². The highest BCUT2D eigenvalue weighted by Crippen LogP contribution is 2.33. The van der Waals surface area contributed by atoms with Gasteiger partial charge in [-0.15, -0.1) is 0 Å². The SMILES string of the molecule is CC(C)c1cnn2c3nc(nc12)NCC1(CCCCc2ccccc2CN3)CCNC1. The number of aryl methyl sites for hydroxylation is 1. The second kappa shape index (κ2) is 8.46. The first-order valence-corrected chi connectivity index (χ1v) is 11.6. The summed E-state index contributed by atoms with van der Waals surface area (Å²) in [4.78, 5) is 9.71. The Kier molecular flexibility index (Phi) is 5.52. The molecule has 1 unspecified atom stereocenters. The molecule has 4 heterocycles. The lowest BCUT2D eigenvalue weighted by Gasteiger charge is -2.29. The van der Waals surface area contributed by atoms with Crippen molar-refractivity contribution in [2.45, 2.75) is 58.4 Å². The molecule has 2 bridgehead atoms. The maximum atomic E-state index is 4.87. The summed E-state index contributed by atoms with van der Waals surface area (Å²) in [6.07, 6.45) is 7.95. The van der Waals surface area contributed by atoms with Crippen LogP contribution >= 0.6 is 0 Å². The number of fused-ring (bicyclic) bond motifs is 5. The van der Waals surface area contributed by atoms with E-state index < -0.39 is 0 Å². The molecule has 2 aromatic heterocycles. The molecule has 0 amide bonds.